The van der Waals surface area contributed by atoms with E-state index in [9.17, 15) is 9.18 Å². The molecule has 0 aliphatic rings. The molecule has 0 aliphatic carbocycles. The van der Waals surface area contributed by atoms with E-state index in [0.717, 1.165) is 5.56 Å². The molecule has 0 saturated carbocycles. The largest absolute Gasteiger partial charge is 0.322 e. The first-order valence-corrected chi connectivity index (χ1v) is 7.33. The van der Waals surface area contributed by atoms with Crippen LogP contribution in [-0.4, -0.2) is 15.9 Å². The van der Waals surface area contributed by atoms with Crippen LogP contribution in [0.5, 0.6) is 0 Å². The molecule has 1 heterocycles. The topological polar surface area (TPSA) is 66.9 Å². The molecule has 0 bridgehead atoms. The van der Waals surface area contributed by atoms with Gasteiger partial charge in [0.15, 0.2) is 0 Å². The van der Waals surface area contributed by atoms with Gasteiger partial charge >= 0.3 is 0 Å². The van der Waals surface area contributed by atoms with Crippen molar-refractivity contribution in [1.29, 1.82) is 0 Å². The molecule has 24 heavy (non-hydrogen) atoms. The zero-order valence-corrected chi connectivity index (χ0v) is 13.0. The molecular formula is C18H15FN4O. The summed E-state index contributed by atoms with van der Waals surface area (Å²) in [6.07, 6.45) is 2.78. The Bertz CT molecular complexity index is 865. The fourth-order valence-corrected chi connectivity index (χ4v) is 2.12. The van der Waals surface area contributed by atoms with Crippen LogP contribution in [0.3, 0.4) is 0 Å². The summed E-state index contributed by atoms with van der Waals surface area (Å²) < 4.78 is 13.6. The van der Waals surface area contributed by atoms with Crippen molar-refractivity contribution in [3.8, 4) is 0 Å². The number of nitrogens with one attached hydrogen (secondary N) is 2. The maximum absolute atomic E-state index is 13.6. The minimum atomic E-state index is -0.401. The minimum absolute atomic E-state index is 0.215. The van der Waals surface area contributed by atoms with Crippen LogP contribution in [0.4, 0.5) is 21.7 Å². The predicted octanol–water partition coefficient (Wildman–Crippen LogP) is 3.92. The van der Waals surface area contributed by atoms with Crippen molar-refractivity contribution >= 4 is 23.2 Å². The van der Waals surface area contributed by atoms with Gasteiger partial charge in [0.1, 0.15) is 5.82 Å². The Morgan fingerprint density at radius 2 is 1.79 bits per heavy atom. The highest BCUT2D eigenvalue weighted by molar-refractivity contribution is 6.03. The maximum Gasteiger partial charge on any atom is 0.258 e. The van der Waals surface area contributed by atoms with Crippen LogP contribution >= 0.6 is 0 Å². The standard InChI is InChI=1S/C18H15FN4O/c1-12-5-4-6-14(9-12)22-17(24)13-10-20-18(21-11-13)23-16-8-3-2-7-15(16)19/h2-11H,1H3,(H,22,24)(H,20,21,23). The van der Waals surface area contributed by atoms with Gasteiger partial charge in [-0.05, 0) is 36.8 Å². The summed E-state index contributed by atoms with van der Waals surface area (Å²) in [4.78, 5) is 20.3. The lowest BCUT2D eigenvalue weighted by molar-refractivity contribution is 0.102. The molecule has 120 valence electrons. The van der Waals surface area contributed by atoms with Crippen LogP contribution < -0.4 is 10.6 Å². The third kappa shape index (κ3) is 3.73. The summed E-state index contributed by atoms with van der Waals surface area (Å²) in [5.41, 5.74) is 2.34. The zero-order valence-electron chi connectivity index (χ0n) is 13.0. The molecule has 0 atom stereocenters. The fraction of sp³-hybridized carbons (Fsp3) is 0.0556. The Labute approximate surface area is 138 Å². The van der Waals surface area contributed by atoms with Crippen molar-refractivity contribution in [2.45, 2.75) is 6.92 Å². The summed E-state index contributed by atoms with van der Waals surface area (Å²) in [6.45, 7) is 1.95. The highest BCUT2D eigenvalue weighted by atomic mass is 19.1. The Balaban J connectivity index is 1.70. The van der Waals surface area contributed by atoms with Gasteiger partial charge in [0, 0.05) is 18.1 Å². The molecule has 0 aliphatic heterocycles. The van der Waals surface area contributed by atoms with Crippen molar-refractivity contribution in [3.05, 3.63) is 77.9 Å². The third-order valence-corrected chi connectivity index (χ3v) is 3.31. The molecule has 3 aromatic rings. The first-order valence-electron chi connectivity index (χ1n) is 7.33. The smallest absolute Gasteiger partial charge is 0.258 e. The summed E-state index contributed by atoms with van der Waals surface area (Å²) in [5.74, 6) is -0.493. The molecular weight excluding hydrogens is 307 g/mol. The third-order valence-electron chi connectivity index (χ3n) is 3.31. The summed E-state index contributed by atoms with van der Waals surface area (Å²) in [5, 5.41) is 5.54. The van der Waals surface area contributed by atoms with Crippen LogP contribution in [0.15, 0.2) is 60.9 Å². The number of hydrogen-bond donors (Lipinski definition) is 2. The number of carbonyl (C=O) groups excluding carboxylic acids is 1. The number of benzene rings is 2. The summed E-state index contributed by atoms with van der Waals surface area (Å²) in [6, 6.07) is 13.7. The molecule has 1 amide bonds. The van der Waals surface area contributed by atoms with Gasteiger partial charge in [0.25, 0.3) is 5.91 Å². The second kappa shape index (κ2) is 6.87. The molecule has 3 rings (SSSR count). The van der Waals surface area contributed by atoms with Crippen molar-refractivity contribution < 1.29 is 9.18 Å². The Hall–Kier alpha value is -3.28. The molecule has 2 aromatic carbocycles. The normalized spacial score (nSPS) is 10.2. The monoisotopic (exact) mass is 322 g/mol. The van der Waals surface area contributed by atoms with Crippen LogP contribution in [0.2, 0.25) is 0 Å². The SMILES string of the molecule is Cc1cccc(NC(=O)c2cnc(Nc3ccccc3F)nc2)c1. The number of anilines is 3. The molecule has 6 heteroatoms. The molecule has 1 aromatic heterocycles. The average molecular weight is 322 g/mol. The molecule has 0 unspecified atom stereocenters. The van der Waals surface area contributed by atoms with E-state index >= 15 is 0 Å². The van der Waals surface area contributed by atoms with E-state index in [1.807, 2.05) is 25.1 Å². The van der Waals surface area contributed by atoms with Crippen LogP contribution in [0.1, 0.15) is 15.9 Å². The molecule has 0 saturated heterocycles. The van der Waals surface area contributed by atoms with Crippen molar-refractivity contribution in [3.63, 3.8) is 0 Å². The van der Waals surface area contributed by atoms with Gasteiger partial charge in [-0.3, -0.25) is 4.79 Å². The van der Waals surface area contributed by atoms with Gasteiger partial charge in [-0.15, -0.1) is 0 Å². The van der Waals surface area contributed by atoms with E-state index in [-0.39, 0.29) is 17.5 Å². The van der Waals surface area contributed by atoms with Gasteiger partial charge in [-0.1, -0.05) is 24.3 Å². The predicted molar refractivity (Wildman–Crippen MR) is 90.8 cm³/mol. The lowest BCUT2D eigenvalue weighted by Gasteiger charge is -2.07. The molecule has 0 radical (unpaired) electrons. The maximum atomic E-state index is 13.6. The van der Waals surface area contributed by atoms with Crippen molar-refractivity contribution in [2.75, 3.05) is 10.6 Å². The van der Waals surface area contributed by atoms with Gasteiger partial charge < -0.3 is 10.6 Å². The van der Waals surface area contributed by atoms with Crippen LogP contribution in [0.25, 0.3) is 0 Å². The fourth-order valence-electron chi connectivity index (χ4n) is 2.12. The molecule has 2 N–H and O–H groups in total. The molecule has 5 nitrogen and oxygen atoms in total. The van der Waals surface area contributed by atoms with Gasteiger partial charge in [0.2, 0.25) is 5.95 Å². The molecule has 0 fully saturated rings. The van der Waals surface area contributed by atoms with Crippen LogP contribution in [0, 0.1) is 12.7 Å². The summed E-state index contributed by atoms with van der Waals surface area (Å²) >= 11 is 0. The Kier molecular flexibility index (Phi) is 4.47. The number of para-hydroxylation sites is 1. The number of carbonyl (C=O) groups is 1. The van der Waals surface area contributed by atoms with Gasteiger partial charge in [-0.25, -0.2) is 14.4 Å². The van der Waals surface area contributed by atoms with Gasteiger partial charge in [-0.2, -0.15) is 0 Å². The number of rotatable bonds is 4. The quantitative estimate of drug-likeness (QED) is 0.764. The van der Waals surface area contributed by atoms with Crippen molar-refractivity contribution in [1.82, 2.24) is 9.97 Å². The molecule has 0 spiro atoms. The second-order valence-electron chi connectivity index (χ2n) is 5.22. The number of nitrogens with zero attached hydrogens (tertiary/aromatic N) is 2. The van der Waals surface area contributed by atoms with Gasteiger partial charge in [0.05, 0.1) is 11.3 Å². The summed E-state index contributed by atoms with van der Waals surface area (Å²) in [7, 11) is 0. The van der Waals surface area contributed by atoms with E-state index in [1.54, 1.807) is 24.3 Å². The second-order valence-corrected chi connectivity index (χ2v) is 5.22. The minimum Gasteiger partial charge on any atom is -0.322 e. The highest BCUT2D eigenvalue weighted by Crippen LogP contribution is 2.17. The first kappa shape index (κ1) is 15.6. The Morgan fingerprint density at radius 1 is 1.04 bits per heavy atom. The Morgan fingerprint density at radius 3 is 2.50 bits per heavy atom. The number of amides is 1. The lowest BCUT2D eigenvalue weighted by atomic mass is 10.2. The van der Waals surface area contributed by atoms with E-state index in [4.69, 9.17) is 0 Å². The number of aryl methyl sites for hydroxylation is 1. The number of aromatic nitrogens is 2. The van der Waals surface area contributed by atoms with Crippen LogP contribution in [-0.2, 0) is 0 Å². The highest BCUT2D eigenvalue weighted by Gasteiger charge is 2.09. The first-order chi connectivity index (χ1) is 11.6. The van der Waals surface area contributed by atoms with E-state index in [1.165, 1.54) is 18.5 Å². The van der Waals surface area contributed by atoms with E-state index in [0.29, 0.717) is 11.3 Å². The van der Waals surface area contributed by atoms with Crippen molar-refractivity contribution in [2.24, 2.45) is 0 Å². The lowest BCUT2D eigenvalue weighted by Crippen LogP contribution is -2.13. The van der Waals surface area contributed by atoms with E-state index < -0.39 is 5.82 Å². The zero-order chi connectivity index (χ0) is 16.9. The van der Waals surface area contributed by atoms with E-state index in [2.05, 4.69) is 20.6 Å². The number of halogens is 1. The number of hydrogen-bond acceptors (Lipinski definition) is 4. The average Bonchev–Trinajstić information content (AvgIpc) is 2.57.